The fourth-order valence-electron chi connectivity index (χ4n) is 4.97. The zero-order valence-electron chi connectivity index (χ0n) is 19.0. The average Bonchev–Trinajstić information content (AvgIpc) is 2.87. The lowest BCUT2D eigenvalue weighted by atomic mass is 9.94. The van der Waals surface area contributed by atoms with Gasteiger partial charge in [-0.25, -0.2) is 4.98 Å². The van der Waals surface area contributed by atoms with E-state index in [9.17, 15) is 5.26 Å². The number of aromatic nitrogens is 3. The summed E-state index contributed by atoms with van der Waals surface area (Å²) >= 11 is 0. The van der Waals surface area contributed by atoms with E-state index >= 15 is 0 Å². The van der Waals surface area contributed by atoms with Crippen molar-refractivity contribution >= 4 is 22.4 Å². The molecule has 2 aromatic heterocycles. The SMILES string of the molecule is CC1C[C@@H](NCc2cnc(N3CCNCC3)cn2)CN(c2ccc(C#N)c3ncccc23)C1. The molecule has 3 aromatic rings. The molecule has 1 aromatic carbocycles. The number of nitriles is 1. The van der Waals surface area contributed by atoms with E-state index in [1.54, 1.807) is 6.20 Å². The predicted molar refractivity (Wildman–Crippen MR) is 130 cm³/mol. The summed E-state index contributed by atoms with van der Waals surface area (Å²) < 4.78 is 0. The van der Waals surface area contributed by atoms with Crippen molar-refractivity contribution in [3.05, 3.63) is 54.1 Å². The van der Waals surface area contributed by atoms with Crippen molar-refractivity contribution in [1.29, 1.82) is 5.26 Å². The molecule has 0 bridgehead atoms. The second-order valence-corrected chi connectivity index (χ2v) is 9.07. The highest BCUT2D eigenvalue weighted by Crippen LogP contribution is 2.31. The Kier molecular flexibility index (Phi) is 6.33. The normalized spacial score (nSPS) is 21.2. The average molecular weight is 443 g/mol. The third-order valence-corrected chi connectivity index (χ3v) is 6.57. The van der Waals surface area contributed by atoms with Gasteiger partial charge in [0.05, 0.1) is 29.2 Å². The van der Waals surface area contributed by atoms with Crippen LogP contribution in [0.1, 0.15) is 24.6 Å². The third kappa shape index (κ3) is 4.75. The molecule has 1 unspecified atom stereocenters. The van der Waals surface area contributed by atoms with Gasteiger partial charge in [0.1, 0.15) is 11.9 Å². The number of anilines is 2. The monoisotopic (exact) mass is 442 g/mol. The van der Waals surface area contributed by atoms with Gasteiger partial charge in [0.2, 0.25) is 0 Å². The molecule has 8 nitrogen and oxygen atoms in total. The molecule has 2 N–H and O–H groups in total. The highest BCUT2D eigenvalue weighted by molar-refractivity contribution is 5.95. The lowest BCUT2D eigenvalue weighted by molar-refractivity contribution is 0.349. The van der Waals surface area contributed by atoms with Gasteiger partial charge in [-0.2, -0.15) is 5.26 Å². The first kappa shape index (κ1) is 21.6. The minimum Gasteiger partial charge on any atom is -0.369 e. The number of hydrogen-bond donors (Lipinski definition) is 2. The summed E-state index contributed by atoms with van der Waals surface area (Å²) in [5.41, 5.74) is 3.51. The van der Waals surface area contributed by atoms with Gasteiger partial charge in [0, 0.05) is 69.1 Å². The molecule has 2 fully saturated rings. The summed E-state index contributed by atoms with van der Waals surface area (Å²) in [5, 5.41) is 17.6. The Hall–Kier alpha value is -3.28. The Labute approximate surface area is 194 Å². The Balaban J connectivity index is 1.26. The summed E-state index contributed by atoms with van der Waals surface area (Å²) in [6, 6.07) is 10.6. The lowest BCUT2D eigenvalue weighted by Gasteiger charge is -2.39. The zero-order chi connectivity index (χ0) is 22.6. The van der Waals surface area contributed by atoms with E-state index in [1.807, 2.05) is 24.5 Å². The van der Waals surface area contributed by atoms with Crippen molar-refractivity contribution in [2.45, 2.75) is 25.9 Å². The molecule has 2 saturated heterocycles. The van der Waals surface area contributed by atoms with Crippen LogP contribution in [0.2, 0.25) is 0 Å². The van der Waals surface area contributed by atoms with E-state index in [0.29, 0.717) is 24.1 Å². The molecule has 2 aliphatic heterocycles. The van der Waals surface area contributed by atoms with E-state index in [4.69, 9.17) is 0 Å². The van der Waals surface area contributed by atoms with E-state index in [2.05, 4.69) is 60.5 Å². The van der Waals surface area contributed by atoms with Crippen LogP contribution in [0.25, 0.3) is 10.9 Å². The van der Waals surface area contributed by atoms with Gasteiger partial charge >= 0.3 is 0 Å². The number of piperazine rings is 1. The number of piperidine rings is 1. The van der Waals surface area contributed by atoms with Gasteiger partial charge in [-0.05, 0) is 36.6 Å². The molecule has 0 amide bonds. The topological polar surface area (TPSA) is 93.0 Å². The standard InChI is InChI=1S/C25H30N8/c1-18-11-20(29-13-21-14-31-24(15-30-21)32-9-7-27-8-10-32)17-33(16-18)23-5-4-19(12-26)25-22(23)3-2-6-28-25/h2-6,14-15,18,20,27,29H,7-11,13,16-17H2,1H3/t18?,20-/m1/s1. The van der Waals surface area contributed by atoms with Gasteiger partial charge in [0.25, 0.3) is 0 Å². The van der Waals surface area contributed by atoms with Crippen molar-refractivity contribution in [3.63, 3.8) is 0 Å². The van der Waals surface area contributed by atoms with Crippen molar-refractivity contribution in [3.8, 4) is 6.07 Å². The van der Waals surface area contributed by atoms with Crippen molar-refractivity contribution in [2.75, 3.05) is 49.1 Å². The first-order valence-corrected chi connectivity index (χ1v) is 11.7. The number of fused-ring (bicyclic) bond motifs is 1. The van der Waals surface area contributed by atoms with Crippen LogP contribution >= 0.6 is 0 Å². The Morgan fingerprint density at radius 3 is 2.76 bits per heavy atom. The minimum absolute atomic E-state index is 0.353. The Morgan fingerprint density at radius 2 is 1.97 bits per heavy atom. The molecule has 0 aliphatic carbocycles. The number of pyridine rings is 1. The first-order chi connectivity index (χ1) is 16.2. The second kappa shape index (κ2) is 9.69. The zero-order valence-corrected chi connectivity index (χ0v) is 19.0. The molecule has 33 heavy (non-hydrogen) atoms. The predicted octanol–water partition coefficient (Wildman–Crippen LogP) is 2.31. The molecule has 0 saturated carbocycles. The molecule has 2 aliphatic rings. The number of hydrogen-bond acceptors (Lipinski definition) is 8. The number of rotatable bonds is 5. The number of nitrogens with one attached hydrogen (secondary N) is 2. The lowest BCUT2D eigenvalue weighted by Crippen LogP contribution is -2.48. The summed E-state index contributed by atoms with van der Waals surface area (Å²) in [6.07, 6.45) is 6.67. The molecule has 170 valence electrons. The minimum atomic E-state index is 0.353. The Morgan fingerprint density at radius 1 is 1.09 bits per heavy atom. The number of nitrogens with zero attached hydrogens (tertiary/aromatic N) is 6. The fourth-order valence-corrected chi connectivity index (χ4v) is 4.97. The van der Waals surface area contributed by atoms with Crippen LogP contribution in [-0.2, 0) is 6.54 Å². The number of benzene rings is 1. The molecule has 2 atom stereocenters. The van der Waals surface area contributed by atoms with Crippen LogP contribution in [0.5, 0.6) is 0 Å². The largest absolute Gasteiger partial charge is 0.369 e. The highest BCUT2D eigenvalue weighted by atomic mass is 15.2. The van der Waals surface area contributed by atoms with Gasteiger partial charge in [-0.1, -0.05) is 6.92 Å². The summed E-state index contributed by atoms with van der Waals surface area (Å²) in [6.45, 7) is 8.84. The van der Waals surface area contributed by atoms with Crippen LogP contribution in [0, 0.1) is 17.2 Å². The second-order valence-electron chi connectivity index (χ2n) is 9.07. The summed E-state index contributed by atoms with van der Waals surface area (Å²) in [4.78, 5) is 18.5. The maximum Gasteiger partial charge on any atom is 0.147 e. The van der Waals surface area contributed by atoms with Crippen LogP contribution in [-0.4, -0.2) is 60.3 Å². The van der Waals surface area contributed by atoms with Crippen LogP contribution < -0.4 is 20.4 Å². The quantitative estimate of drug-likeness (QED) is 0.622. The highest BCUT2D eigenvalue weighted by Gasteiger charge is 2.26. The van der Waals surface area contributed by atoms with Crippen molar-refractivity contribution in [1.82, 2.24) is 25.6 Å². The Bertz CT molecular complexity index is 1130. The van der Waals surface area contributed by atoms with E-state index in [0.717, 1.165) is 73.8 Å². The van der Waals surface area contributed by atoms with Crippen LogP contribution in [0.4, 0.5) is 11.5 Å². The maximum atomic E-state index is 9.46. The van der Waals surface area contributed by atoms with E-state index < -0.39 is 0 Å². The van der Waals surface area contributed by atoms with Crippen molar-refractivity contribution in [2.24, 2.45) is 5.92 Å². The third-order valence-electron chi connectivity index (χ3n) is 6.57. The smallest absolute Gasteiger partial charge is 0.147 e. The van der Waals surface area contributed by atoms with E-state index in [1.165, 1.54) is 0 Å². The van der Waals surface area contributed by atoms with Gasteiger partial charge in [0.15, 0.2) is 0 Å². The summed E-state index contributed by atoms with van der Waals surface area (Å²) in [5.74, 6) is 1.51. The van der Waals surface area contributed by atoms with Crippen LogP contribution in [0.15, 0.2) is 42.9 Å². The van der Waals surface area contributed by atoms with Gasteiger partial charge in [-0.3, -0.25) is 9.97 Å². The molecule has 8 heteroatoms. The fraction of sp³-hybridized carbons (Fsp3) is 0.440. The van der Waals surface area contributed by atoms with E-state index in [-0.39, 0.29) is 0 Å². The maximum absolute atomic E-state index is 9.46. The van der Waals surface area contributed by atoms with Gasteiger partial charge < -0.3 is 20.4 Å². The molecule has 4 heterocycles. The molecular weight excluding hydrogens is 412 g/mol. The molecular formula is C25H30N8. The van der Waals surface area contributed by atoms with Gasteiger partial charge in [-0.15, -0.1) is 0 Å². The molecule has 0 radical (unpaired) electrons. The van der Waals surface area contributed by atoms with Crippen molar-refractivity contribution < 1.29 is 0 Å². The summed E-state index contributed by atoms with van der Waals surface area (Å²) in [7, 11) is 0. The first-order valence-electron chi connectivity index (χ1n) is 11.7. The molecule has 5 rings (SSSR count). The van der Waals surface area contributed by atoms with Crippen LogP contribution in [0.3, 0.4) is 0 Å². The molecule has 0 spiro atoms.